The number of benzene rings is 1. The van der Waals surface area contributed by atoms with E-state index in [1.54, 1.807) is 41.9 Å². The fourth-order valence-electron chi connectivity index (χ4n) is 1.42. The van der Waals surface area contributed by atoms with Crippen LogP contribution >= 0.6 is 11.3 Å². The molecule has 0 atom stereocenters. The number of methoxy groups -OCH3 is 1. The van der Waals surface area contributed by atoms with Crippen molar-refractivity contribution in [3.05, 3.63) is 64.8 Å². The second-order valence-electron chi connectivity index (χ2n) is 3.76. The molecule has 0 amide bonds. The van der Waals surface area contributed by atoms with Gasteiger partial charge in [0.1, 0.15) is 5.75 Å². The molecule has 102 valence electrons. The van der Waals surface area contributed by atoms with E-state index in [4.69, 9.17) is 9.47 Å². The number of rotatable bonds is 5. The Labute approximate surface area is 121 Å². The molecular weight excluding hydrogens is 274 g/mol. The number of hydrogen-bond acceptors (Lipinski definition) is 5. The fourth-order valence-corrected chi connectivity index (χ4v) is 1.94. The van der Waals surface area contributed by atoms with Crippen LogP contribution < -0.4 is 4.74 Å². The van der Waals surface area contributed by atoms with E-state index in [0.717, 1.165) is 5.69 Å². The zero-order valence-corrected chi connectivity index (χ0v) is 11.7. The number of nitrogens with zero attached hydrogens (tertiary/aromatic N) is 1. The molecule has 1 aromatic carbocycles. The van der Waals surface area contributed by atoms with Gasteiger partial charge in [0.05, 0.1) is 30.1 Å². The summed E-state index contributed by atoms with van der Waals surface area (Å²) in [6.07, 6.45) is 4.69. The molecule has 4 nitrogen and oxygen atoms in total. The predicted octanol–water partition coefficient (Wildman–Crippen LogP) is 3.29. The molecule has 0 unspecified atom stereocenters. The summed E-state index contributed by atoms with van der Waals surface area (Å²) in [7, 11) is 1.48. The number of carbonyl (C=O) groups excluding carboxylic acids is 1. The van der Waals surface area contributed by atoms with Gasteiger partial charge < -0.3 is 9.47 Å². The largest absolute Gasteiger partial charge is 0.503 e. The first-order chi connectivity index (χ1) is 9.79. The van der Waals surface area contributed by atoms with Crippen LogP contribution in [0.1, 0.15) is 5.69 Å². The van der Waals surface area contributed by atoms with Crippen LogP contribution in [0.2, 0.25) is 0 Å². The molecule has 0 fully saturated rings. The average molecular weight is 287 g/mol. The number of thiazole rings is 1. The Morgan fingerprint density at radius 2 is 2.10 bits per heavy atom. The normalized spacial score (nSPS) is 11.6. The minimum absolute atomic E-state index is 0.310. The zero-order chi connectivity index (χ0) is 14.2. The number of carbonyl (C=O) groups is 1. The Hall–Kier alpha value is -2.40. The summed E-state index contributed by atoms with van der Waals surface area (Å²) in [6.45, 7) is 0. The number of para-hydroxylation sites is 1. The van der Waals surface area contributed by atoms with E-state index in [1.807, 2.05) is 11.4 Å². The van der Waals surface area contributed by atoms with Crippen molar-refractivity contribution in [3.8, 4) is 5.75 Å². The van der Waals surface area contributed by atoms with Gasteiger partial charge in [0, 0.05) is 5.38 Å². The number of esters is 1. The molecule has 20 heavy (non-hydrogen) atoms. The van der Waals surface area contributed by atoms with Gasteiger partial charge >= 0.3 is 5.97 Å². The Bertz CT molecular complexity index is 603. The van der Waals surface area contributed by atoms with E-state index in [2.05, 4.69) is 4.98 Å². The Morgan fingerprint density at radius 3 is 2.75 bits per heavy atom. The molecule has 0 saturated carbocycles. The van der Waals surface area contributed by atoms with Gasteiger partial charge in [0.25, 0.3) is 0 Å². The van der Waals surface area contributed by atoms with Crippen LogP contribution in [0.5, 0.6) is 5.75 Å². The van der Waals surface area contributed by atoms with E-state index in [-0.39, 0.29) is 0 Å². The highest BCUT2D eigenvalue weighted by molar-refractivity contribution is 7.07. The monoisotopic (exact) mass is 287 g/mol. The van der Waals surface area contributed by atoms with Crippen LogP contribution in [0.25, 0.3) is 6.08 Å². The number of hydrogen-bond donors (Lipinski definition) is 0. The maximum Gasteiger partial charge on any atom is 0.346 e. The molecule has 0 N–H and O–H groups in total. The van der Waals surface area contributed by atoms with Gasteiger partial charge in [-0.1, -0.05) is 18.2 Å². The van der Waals surface area contributed by atoms with Gasteiger partial charge in [-0.15, -0.1) is 11.3 Å². The lowest BCUT2D eigenvalue weighted by Crippen LogP contribution is -2.10. The van der Waals surface area contributed by atoms with E-state index in [9.17, 15) is 4.79 Å². The molecule has 2 aromatic rings. The van der Waals surface area contributed by atoms with Crippen molar-refractivity contribution in [1.82, 2.24) is 4.98 Å². The van der Waals surface area contributed by atoms with Gasteiger partial charge in [-0.05, 0) is 24.3 Å². The average Bonchev–Trinajstić information content (AvgIpc) is 2.97. The highest BCUT2D eigenvalue weighted by Crippen LogP contribution is 2.13. The lowest BCUT2D eigenvalue weighted by molar-refractivity contribution is -0.129. The van der Waals surface area contributed by atoms with Crippen molar-refractivity contribution in [3.63, 3.8) is 0 Å². The predicted molar refractivity (Wildman–Crippen MR) is 78.3 cm³/mol. The summed E-state index contributed by atoms with van der Waals surface area (Å²) >= 11 is 1.49. The summed E-state index contributed by atoms with van der Waals surface area (Å²) in [5, 5.41) is 1.88. The van der Waals surface area contributed by atoms with Crippen molar-refractivity contribution in [2.45, 2.75) is 0 Å². The molecule has 2 rings (SSSR count). The van der Waals surface area contributed by atoms with Crippen LogP contribution in [0.3, 0.4) is 0 Å². The molecule has 1 heterocycles. The number of ether oxygens (including phenoxy) is 2. The maximum absolute atomic E-state index is 12.0. The molecule has 5 heteroatoms. The lowest BCUT2D eigenvalue weighted by Gasteiger charge is -2.04. The second kappa shape index (κ2) is 7.25. The van der Waals surface area contributed by atoms with Gasteiger partial charge in [-0.3, -0.25) is 0 Å². The molecule has 0 radical (unpaired) electrons. The van der Waals surface area contributed by atoms with E-state index in [1.165, 1.54) is 24.7 Å². The molecule has 0 aliphatic heterocycles. The van der Waals surface area contributed by atoms with Crippen LogP contribution in [0.15, 0.2) is 59.1 Å². The molecule has 0 spiro atoms. The maximum atomic E-state index is 12.0. The van der Waals surface area contributed by atoms with Crippen molar-refractivity contribution in [2.75, 3.05) is 7.11 Å². The van der Waals surface area contributed by atoms with Gasteiger partial charge in [0.15, 0.2) is 0 Å². The minimum atomic E-state index is -0.482. The second-order valence-corrected chi connectivity index (χ2v) is 4.48. The Balaban J connectivity index is 2.09. The topological polar surface area (TPSA) is 48.4 Å². The highest BCUT2D eigenvalue weighted by Gasteiger charge is 2.10. The third-order valence-electron chi connectivity index (χ3n) is 2.32. The Kier molecular flexibility index (Phi) is 5.08. The molecule has 0 bridgehead atoms. The summed E-state index contributed by atoms with van der Waals surface area (Å²) in [4.78, 5) is 16.1. The first-order valence-corrected chi connectivity index (χ1v) is 6.80. The first-order valence-electron chi connectivity index (χ1n) is 5.86. The third-order valence-corrected chi connectivity index (χ3v) is 2.92. The van der Waals surface area contributed by atoms with E-state index in [0.29, 0.717) is 11.3 Å². The van der Waals surface area contributed by atoms with Crippen LogP contribution in [0, 0.1) is 0 Å². The molecule has 0 aliphatic rings. The van der Waals surface area contributed by atoms with Crippen LogP contribution in [0.4, 0.5) is 0 Å². The van der Waals surface area contributed by atoms with Crippen LogP contribution in [-0.2, 0) is 9.53 Å². The van der Waals surface area contributed by atoms with Gasteiger partial charge in [0.2, 0.25) is 0 Å². The third kappa shape index (κ3) is 4.07. The van der Waals surface area contributed by atoms with Gasteiger partial charge in [-0.2, -0.15) is 0 Å². The standard InChI is InChI=1S/C15H13NO3S/c1-18-9-12(7-8-13-10-20-11-16-13)15(17)19-14-5-3-2-4-6-14/h2-11H,1H3. The molecule has 0 saturated heterocycles. The summed E-state index contributed by atoms with van der Waals surface area (Å²) in [6, 6.07) is 8.88. The zero-order valence-electron chi connectivity index (χ0n) is 10.9. The molecule has 0 aliphatic carbocycles. The minimum Gasteiger partial charge on any atom is -0.503 e. The number of aromatic nitrogens is 1. The quantitative estimate of drug-likeness (QED) is 0.278. The van der Waals surface area contributed by atoms with Crippen molar-refractivity contribution in [1.29, 1.82) is 0 Å². The van der Waals surface area contributed by atoms with Crippen LogP contribution in [-0.4, -0.2) is 18.1 Å². The smallest absolute Gasteiger partial charge is 0.346 e. The SMILES string of the molecule is COC=C(C=Cc1cscn1)C(=O)Oc1ccccc1. The van der Waals surface area contributed by atoms with Crippen molar-refractivity contribution < 1.29 is 14.3 Å². The van der Waals surface area contributed by atoms with E-state index >= 15 is 0 Å². The van der Waals surface area contributed by atoms with Crippen molar-refractivity contribution in [2.24, 2.45) is 0 Å². The first kappa shape index (κ1) is 14.0. The van der Waals surface area contributed by atoms with Gasteiger partial charge in [-0.25, -0.2) is 9.78 Å². The summed E-state index contributed by atoms with van der Waals surface area (Å²) in [5.41, 5.74) is 2.82. The van der Waals surface area contributed by atoms with Crippen molar-refractivity contribution >= 4 is 23.4 Å². The van der Waals surface area contributed by atoms with E-state index < -0.39 is 5.97 Å². The lowest BCUT2D eigenvalue weighted by atomic mass is 10.2. The summed E-state index contributed by atoms with van der Waals surface area (Å²) < 4.78 is 10.1. The molecule has 1 aromatic heterocycles. The molecular formula is C15H13NO3S. The Morgan fingerprint density at radius 1 is 1.30 bits per heavy atom. The summed E-state index contributed by atoms with van der Waals surface area (Å²) in [5.74, 6) is 0.00564. The highest BCUT2D eigenvalue weighted by atomic mass is 32.1. The fraction of sp³-hybridized carbons (Fsp3) is 0.0667.